The van der Waals surface area contributed by atoms with E-state index < -0.39 is 29.7 Å². The van der Waals surface area contributed by atoms with Crippen molar-refractivity contribution in [1.29, 1.82) is 0 Å². The molecule has 7 rings (SSSR count). The van der Waals surface area contributed by atoms with Gasteiger partial charge in [0.1, 0.15) is 23.2 Å². The van der Waals surface area contributed by atoms with Crippen LogP contribution in [0.3, 0.4) is 0 Å². The Kier molecular flexibility index (Phi) is 12.2. The fourth-order valence-electron chi connectivity index (χ4n) is 7.46. The molecular formula is C42H49N3O8. The minimum Gasteiger partial charge on any atom is -0.497 e. The van der Waals surface area contributed by atoms with E-state index in [9.17, 15) is 4.79 Å². The van der Waals surface area contributed by atoms with Gasteiger partial charge in [0.05, 0.1) is 52.9 Å². The van der Waals surface area contributed by atoms with Gasteiger partial charge in [0.15, 0.2) is 12.0 Å². The molecule has 1 aromatic heterocycles. The highest BCUT2D eigenvalue weighted by Crippen LogP contribution is 2.43. The van der Waals surface area contributed by atoms with Crippen molar-refractivity contribution in [3.63, 3.8) is 0 Å². The van der Waals surface area contributed by atoms with Crippen LogP contribution in [0.25, 0.3) is 0 Å². The van der Waals surface area contributed by atoms with Gasteiger partial charge in [0, 0.05) is 24.6 Å². The van der Waals surface area contributed by atoms with Crippen molar-refractivity contribution in [3.05, 3.63) is 130 Å². The van der Waals surface area contributed by atoms with E-state index in [0.717, 1.165) is 65.9 Å². The van der Waals surface area contributed by atoms with Crippen molar-refractivity contribution in [1.82, 2.24) is 9.55 Å². The van der Waals surface area contributed by atoms with E-state index in [2.05, 4.69) is 34.7 Å². The van der Waals surface area contributed by atoms with Crippen LogP contribution in [0.5, 0.6) is 11.5 Å². The van der Waals surface area contributed by atoms with Gasteiger partial charge in [-0.3, -0.25) is 9.40 Å². The Morgan fingerprint density at radius 3 is 2.25 bits per heavy atom. The summed E-state index contributed by atoms with van der Waals surface area (Å²) >= 11 is 0. The molecule has 11 nitrogen and oxygen atoms in total. The Labute approximate surface area is 310 Å². The number of benzene rings is 3. The highest BCUT2D eigenvalue weighted by atomic mass is 16.6. The van der Waals surface area contributed by atoms with Crippen molar-refractivity contribution in [2.45, 2.75) is 75.1 Å². The number of aromatic nitrogens is 2. The zero-order valence-corrected chi connectivity index (χ0v) is 30.5. The third kappa shape index (κ3) is 8.50. The van der Waals surface area contributed by atoms with Crippen LogP contribution in [0.15, 0.2) is 102 Å². The Balaban J connectivity index is 1.17. The quantitative estimate of drug-likeness (QED) is 0.0853. The molecule has 0 saturated carbocycles. The van der Waals surface area contributed by atoms with Gasteiger partial charge in [-0.25, -0.2) is 10.3 Å². The van der Waals surface area contributed by atoms with Crippen LogP contribution in [-0.4, -0.2) is 68.5 Å². The zero-order chi connectivity index (χ0) is 36.5. The number of anilines is 1. The summed E-state index contributed by atoms with van der Waals surface area (Å²) in [4.78, 5) is 23.0. The molecule has 280 valence electrons. The van der Waals surface area contributed by atoms with E-state index in [1.54, 1.807) is 18.8 Å². The summed E-state index contributed by atoms with van der Waals surface area (Å²) in [6, 6.07) is 26.0. The van der Waals surface area contributed by atoms with Gasteiger partial charge in [-0.05, 0) is 73.1 Å². The first-order valence-electron chi connectivity index (χ1n) is 18.6. The largest absolute Gasteiger partial charge is 0.497 e. The molecule has 1 aliphatic carbocycles. The minimum atomic E-state index is -1.02. The van der Waals surface area contributed by atoms with Gasteiger partial charge in [-0.1, -0.05) is 66.7 Å². The van der Waals surface area contributed by atoms with Crippen LogP contribution < -0.4 is 20.6 Å². The number of nitrogens with zero attached hydrogens (tertiary/aromatic N) is 2. The van der Waals surface area contributed by atoms with E-state index >= 15 is 0 Å². The molecular weight excluding hydrogens is 674 g/mol. The average Bonchev–Trinajstić information content (AvgIpc) is 3.60. The maximum absolute atomic E-state index is 13.4. The van der Waals surface area contributed by atoms with Crippen LogP contribution in [-0.2, 0) is 35.8 Å². The lowest BCUT2D eigenvalue weighted by Gasteiger charge is -2.37. The maximum Gasteiger partial charge on any atom is 0.351 e. The standard InChI is InChI=1S/C42H49N3O8/c1-47-34-19-15-32(16-20-34)42(31-11-7-6-8-12-31,33-17-21-35(48-2)22-18-33)51-29-37-27-38(50-26-25-49-36-13-9-4-3-5-10-14-36)40(53-37)45-28-30-23-24-52-44-39(30)43-41(45)46/h3-4,6-8,11-12,15-22,28,36-38,40H,5,9-10,13-14,23-27,29H2,1-2H3,(H,43,44,46)/b4-3+/t36?,37-,38-,40-/m1/s1. The number of hydrogen-bond acceptors (Lipinski definition) is 10. The second kappa shape index (κ2) is 17.5. The maximum atomic E-state index is 13.4. The van der Waals surface area contributed by atoms with Crippen molar-refractivity contribution in [2.24, 2.45) is 0 Å². The molecule has 0 radical (unpaired) electrons. The predicted octanol–water partition coefficient (Wildman–Crippen LogP) is 6.75. The van der Waals surface area contributed by atoms with Crippen molar-refractivity contribution >= 4 is 5.82 Å². The summed E-state index contributed by atoms with van der Waals surface area (Å²) in [5, 5.41) is 0. The zero-order valence-electron chi connectivity index (χ0n) is 30.5. The molecule has 1 saturated heterocycles. The summed E-state index contributed by atoms with van der Waals surface area (Å²) < 4.78 is 39.3. The van der Waals surface area contributed by atoms with Crippen LogP contribution in [0.4, 0.5) is 5.82 Å². The smallest absolute Gasteiger partial charge is 0.351 e. The molecule has 1 unspecified atom stereocenters. The van der Waals surface area contributed by atoms with E-state index in [0.29, 0.717) is 38.5 Å². The third-order valence-corrected chi connectivity index (χ3v) is 10.2. The molecule has 3 aromatic carbocycles. The lowest BCUT2D eigenvalue weighted by atomic mass is 9.80. The Morgan fingerprint density at radius 1 is 0.849 bits per heavy atom. The van der Waals surface area contributed by atoms with Gasteiger partial charge >= 0.3 is 5.69 Å². The van der Waals surface area contributed by atoms with Crippen LogP contribution in [0.1, 0.15) is 67.0 Å². The normalized spacial score (nSPS) is 22.2. The molecule has 0 amide bonds. The predicted molar refractivity (Wildman–Crippen MR) is 200 cm³/mol. The molecule has 3 heterocycles. The van der Waals surface area contributed by atoms with Gasteiger partial charge in [0.2, 0.25) is 0 Å². The van der Waals surface area contributed by atoms with Crippen LogP contribution in [0.2, 0.25) is 0 Å². The molecule has 0 bridgehead atoms. The van der Waals surface area contributed by atoms with E-state index in [4.69, 9.17) is 33.3 Å². The molecule has 3 aliphatic rings. The number of nitrogens with one attached hydrogen (secondary N) is 1. The second-order valence-electron chi connectivity index (χ2n) is 13.6. The molecule has 4 atom stereocenters. The topological polar surface area (TPSA) is 112 Å². The van der Waals surface area contributed by atoms with Gasteiger partial charge < -0.3 is 28.4 Å². The first-order valence-corrected chi connectivity index (χ1v) is 18.6. The molecule has 1 fully saturated rings. The lowest BCUT2D eigenvalue weighted by Crippen LogP contribution is -2.36. The van der Waals surface area contributed by atoms with Gasteiger partial charge in [0.25, 0.3) is 0 Å². The average molecular weight is 724 g/mol. The summed E-state index contributed by atoms with van der Waals surface area (Å²) in [6.07, 6.45) is 11.4. The van der Waals surface area contributed by atoms with E-state index in [1.807, 2.05) is 72.9 Å². The third-order valence-electron chi connectivity index (χ3n) is 10.2. The number of ether oxygens (including phenoxy) is 6. The molecule has 2 aliphatic heterocycles. The summed E-state index contributed by atoms with van der Waals surface area (Å²) in [6.45, 7) is 1.52. The minimum absolute atomic E-state index is 0.206. The first-order chi connectivity index (χ1) is 26.1. The number of methoxy groups -OCH3 is 2. The Hall–Kier alpha value is -4.52. The fraction of sp³-hybridized carbons (Fsp3) is 0.429. The molecule has 1 N–H and O–H groups in total. The van der Waals surface area contributed by atoms with Gasteiger partial charge in [-0.15, -0.1) is 0 Å². The highest BCUT2D eigenvalue weighted by Gasteiger charge is 2.43. The second-order valence-corrected chi connectivity index (χ2v) is 13.6. The van der Waals surface area contributed by atoms with Crippen molar-refractivity contribution in [3.8, 4) is 11.5 Å². The SMILES string of the molecule is COc1ccc(C(OC[C@H]2C[C@@H](OCCOC3CC/C=C/CCC3)[C@H](n3cc4c(nc3=O)NOCC4)O2)(c2ccccc2)c2ccc(OC)cc2)cc1. The molecule has 11 heteroatoms. The Bertz CT molecular complexity index is 1800. The lowest BCUT2D eigenvalue weighted by molar-refractivity contribution is -0.101. The number of hydrogen-bond donors (Lipinski definition) is 1. The van der Waals surface area contributed by atoms with Crippen molar-refractivity contribution in [2.75, 3.05) is 46.1 Å². The number of allylic oxidation sites excluding steroid dienone is 2. The number of rotatable bonds is 14. The van der Waals surface area contributed by atoms with E-state index in [1.165, 1.54) is 0 Å². The molecule has 0 spiro atoms. The number of fused-ring (bicyclic) bond motifs is 1. The van der Waals surface area contributed by atoms with Crippen LogP contribution in [0, 0.1) is 0 Å². The molecule has 53 heavy (non-hydrogen) atoms. The monoisotopic (exact) mass is 723 g/mol. The van der Waals surface area contributed by atoms with Gasteiger partial charge in [-0.2, -0.15) is 4.98 Å². The first kappa shape index (κ1) is 36.8. The Morgan fingerprint density at radius 2 is 1.53 bits per heavy atom. The van der Waals surface area contributed by atoms with E-state index in [-0.39, 0.29) is 12.7 Å². The summed E-state index contributed by atoms with van der Waals surface area (Å²) in [5.41, 5.74) is 4.96. The summed E-state index contributed by atoms with van der Waals surface area (Å²) in [5.74, 6) is 1.92. The summed E-state index contributed by atoms with van der Waals surface area (Å²) in [7, 11) is 3.31. The van der Waals surface area contributed by atoms with Crippen molar-refractivity contribution < 1.29 is 33.3 Å². The fourth-order valence-corrected chi connectivity index (χ4v) is 7.46. The highest BCUT2D eigenvalue weighted by molar-refractivity contribution is 5.50. The molecule has 4 aromatic rings. The van der Waals surface area contributed by atoms with Crippen LogP contribution >= 0.6 is 0 Å².